The van der Waals surface area contributed by atoms with Crippen LogP contribution in [0.2, 0.25) is 0 Å². The SMILES string of the molecule is C1=CCCC=C1.Cc1ccc(C(=O)O)c(C)c1. The molecule has 17 heavy (non-hydrogen) atoms. The maximum Gasteiger partial charge on any atom is 0.335 e. The van der Waals surface area contributed by atoms with Gasteiger partial charge in [-0.3, -0.25) is 0 Å². The number of aromatic carboxylic acids is 1. The van der Waals surface area contributed by atoms with Gasteiger partial charge in [-0.15, -0.1) is 0 Å². The van der Waals surface area contributed by atoms with E-state index < -0.39 is 5.97 Å². The van der Waals surface area contributed by atoms with Gasteiger partial charge in [0.15, 0.2) is 0 Å². The van der Waals surface area contributed by atoms with Crippen molar-refractivity contribution >= 4 is 5.97 Å². The highest BCUT2D eigenvalue weighted by Gasteiger charge is 2.04. The lowest BCUT2D eigenvalue weighted by atomic mass is 10.1. The highest BCUT2D eigenvalue weighted by atomic mass is 16.4. The number of carbonyl (C=O) groups is 1. The first-order valence-corrected chi connectivity index (χ1v) is 5.73. The van der Waals surface area contributed by atoms with E-state index in [2.05, 4.69) is 24.3 Å². The normalized spacial score (nSPS) is 12.8. The molecule has 1 N–H and O–H groups in total. The van der Waals surface area contributed by atoms with Crippen LogP contribution in [0.1, 0.15) is 34.3 Å². The minimum Gasteiger partial charge on any atom is -0.478 e. The fraction of sp³-hybridized carbons (Fsp3) is 0.267. The lowest BCUT2D eigenvalue weighted by molar-refractivity contribution is 0.0696. The molecule has 0 fully saturated rings. The molecule has 2 heteroatoms. The Bertz CT molecular complexity index is 430. The first kappa shape index (κ1) is 13.2. The van der Waals surface area contributed by atoms with E-state index in [0.717, 1.165) is 11.1 Å². The van der Waals surface area contributed by atoms with Crippen LogP contribution >= 0.6 is 0 Å². The van der Waals surface area contributed by atoms with Crippen molar-refractivity contribution in [3.63, 3.8) is 0 Å². The molecular weight excluding hydrogens is 212 g/mol. The van der Waals surface area contributed by atoms with E-state index in [1.54, 1.807) is 19.1 Å². The molecule has 0 spiro atoms. The number of carboxylic acid groups (broad SMARTS) is 1. The molecule has 90 valence electrons. The van der Waals surface area contributed by atoms with Gasteiger partial charge in [0.25, 0.3) is 0 Å². The van der Waals surface area contributed by atoms with Crippen molar-refractivity contribution < 1.29 is 9.90 Å². The number of hydrogen-bond donors (Lipinski definition) is 1. The molecule has 0 heterocycles. The van der Waals surface area contributed by atoms with Crippen molar-refractivity contribution in [3.05, 3.63) is 59.2 Å². The first-order valence-electron chi connectivity index (χ1n) is 5.73. The van der Waals surface area contributed by atoms with Crippen molar-refractivity contribution in [1.29, 1.82) is 0 Å². The molecule has 1 aromatic rings. The summed E-state index contributed by atoms with van der Waals surface area (Å²) >= 11 is 0. The molecule has 2 nitrogen and oxygen atoms in total. The topological polar surface area (TPSA) is 37.3 Å². The van der Waals surface area contributed by atoms with Gasteiger partial charge < -0.3 is 5.11 Å². The van der Waals surface area contributed by atoms with Gasteiger partial charge in [0.1, 0.15) is 0 Å². The van der Waals surface area contributed by atoms with Gasteiger partial charge in [-0.1, -0.05) is 42.0 Å². The number of carboxylic acids is 1. The van der Waals surface area contributed by atoms with Crippen molar-refractivity contribution in [1.82, 2.24) is 0 Å². The van der Waals surface area contributed by atoms with Gasteiger partial charge in [-0.2, -0.15) is 0 Å². The minimum atomic E-state index is -0.859. The third-order valence-corrected chi connectivity index (χ3v) is 2.50. The summed E-state index contributed by atoms with van der Waals surface area (Å²) in [4.78, 5) is 10.5. The molecule has 0 atom stereocenters. The maximum atomic E-state index is 10.5. The molecule has 0 bridgehead atoms. The van der Waals surface area contributed by atoms with Crippen LogP contribution in [0.3, 0.4) is 0 Å². The summed E-state index contributed by atoms with van der Waals surface area (Å²) in [7, 11) is 0. The summed E-state index contributed by atoms with van der Waals surface area (Å²) in [6, 6.07) is 5.30. The van der Waals surface area contributed by atoms with E-state index in [1.807, 2.05) is 13.0 Å². The smallest absolute Gasteiger partial charge is 0.335 e. The summed E-state index contributed by atoms with van der Waals surface area (Å²) < 4.78 is 0. The standard InChI is InChI=1S/C9H10O2.C6H8/c1-6-3-4-8(9(10)11)7(2)5-6;1-2-4-6-5-3-1/h3-5H,1-2H3,(H,10,11);1-4H,5-6H2. The molecule has 1 aliphatic rings. The zero-order valence-electron chi connectivity index (χ0n) is 10.3. The Balaban J connectivity index is 0.000000202. The van der Waals surface area contributed by atoms with E-state index in [9.17, 15) is 4.79 Å². The van der Waals surface area contributed by atoms with E-state index >= 15 is 0 Å². The molecule has 0 aliphatic heterocycles. The molecule has 0 saturated heterocycles. The lowest BCUT2D eigenvalue weighted by Gasteiger charge is -2.00. The fourth-order valence-corrected chi connectivity index (χ4v) is 1.60. The Morgan fingerprint density at radius 1 is 1.12 bits per heavy atom. The Labute approximate surface area is 102 Å². The van der Waals surface area contributed by atoms with Gasteiger partial charge in [0, 0.05) is 0 Å². The molecule has 2 rings (SSSR count). The van der Waals surface area contributed by atoms with Crippen LogP contribution in [0.15, 0.2) is 42.5 Å². The number of hydrogen-bond acceptors (Lipinski definition) is 1. The fourth-order valence-electron chi connectivity index (χ4n) is 1.60. The summed E-state index contributed by atoms with van der Waals surface area (Å²) in [6.45, 7) is 3.75. The van der Waals surface area contributed by atoms with Crippen LogP contribution < -0.4 is 0 Å². The highest BCUT2D eigenvalue weighted by molar-refractivity contribution is 5.89. The molecule has 0 amide bonds. The zero-order chi connectivity index (χ0) is 12.7. The Kier molecular flexibility index (Phi) is 5.21. The van der Waals surface area contributed by atoms with Gasteiger partial charge >= 0.3 is 5.97 Å². The van der Waals surface area contributed by atoms with Crippen LogP contribution in [0.25, 0.3) is 0 Å². The Morgan fingerprint density at radius 2 is 1.71 bits per heavy atom. The quantitative estimate of drug-likeness (QED) is 0.794. The molecule has 0 saturated carbocycles. The Hall–Kier alpha value is -1.83. The summed E-state index contributed by atoms with van der Waals surface area (Å²) in [5.41, 5.74) is 2.29. The van der Waals surface area contributed by atoms with E-state index in [4.69, 9.17) is 5.11 Å². The van der Waals surface area contributed by atoms with Gasteiger partial charge in [0.05, 0.1) is 5.56 Å². The largest absolute Gasteiger partial charge is 0.478 e. The Morgan fingerprint density at radius 3 is 2.06 bits per heavy atom. The molecule has 0 unspecified atom stereocenters. The predicted molar refractivity (Wildman–Crippen MR) is 70.4 cm³/mol. The maximum absolute atomic E-state index is 10.5. The number of benzene rings is 1. The van der Waals surface area contributed by atoms with Crippen LogP contribution in [0, 0.1) is 13.8 Å². The van der Waals surface area contributed by atoms with E-state index in [0.29, 0.717) is 5.56 Å². The first-order chi connectivity index (χ1) is 8.11. The third-order valence-electron chi connectivity index (χ3n) is 2.50. The summed E-state index contributed by atoms with van der Waals surface area (Å²) in [5.74, 6) is -0.859. The lowest BCUT2D eigenvalue weighted by Crippen LogP contribution is -1.99. The molecular formula is C15H18O2. The number of allylic oxidation sites excluding steroid dienone is 4. The zero-order valence-corrected chi connectivity index (χ0v) is 10.3. The molecule has 0 aromatic heterocycles. The second-order valence-electron chi connectivity index (χ2n) is 4.06. The van der Waals surface area contributed by atoms with Gasteiger partial charge in [0.2, 0.25) is 0 Å². The van der Waals surface area contributed by atoms with Crippen molar-refractivity contribution in [3.8, 4) is 0 Å². The average molecular weight is 230 g/mol. The highest BCUT2D eigenvalue weighted by Crippen LogP contribution is 2.09. The van der Waals surface area contributed by atoms with Crippen LogP contribution in [-0.2, 0) is 0 Å². The van der Waals surface area contributed by atoms with Crippen molar-refractivity contribution in [2.24, 2.45) is 0 Å². The monoisotopic (exact) mass is 230 g/mol. The van der Waals surface area contributed by atoms with E-state index in [-0.39, 0.29) is 0 Å². The van der Waals surface area contributed by atoms with Crippen LogP contribution in [0.4, 0.5) is 0 Å². The summed E-state index contributed by atoms with van der Waals surface area (Å²) in [6.07, 6.45) is 11.0. The predicted octanol–water partition coefficient (Wildman–Crippen LogP) is 3.89. The minimum absolute atomic E-state index is 0.385. The molecule has 1 aliphatic carbocycles. The van der Waals surface area contributed by atoms with Crippen molar-refractivity contribution in [2.45, 2.75) is 26.7 Å². The molecule has 1 aromatic carbocycles. The van der Waals surface area contributed by atoms with Gasteiger partial charge in [-0.05, 0) is 38.3 Å². The van der Waals surface area contributed by atoms with Crippen LogP contribution in [0.5, 0.6) is 0 Å². The summed E-state index contributed by atoms with van der Waals surface area (Å²) in [5, 5.41) is 8.66. The second-order valence-corrected chi connectivity index (χ2v) is 4.06. The van der Waals surface area contributed by atoms with Crippen molar-refractivity contribution in [2.75, 3.05) is 0 Å². The molecule has 0 radical (unpaired) electrons. The third kappa shape index (κ3) is 4.68. The second kappa shape index (κ2) is 6.69. The number of aryl methyl sites for hydroxylation is 2. The average Bonchev–Trinajstić information content (AvgIpc) is 2.31. The van der Waals surface area contributed by atoms with Gasteiger partial charge in [-0.25, -0.2) is 4.79 Å². The van der Waals surface area contributed by atoms with E-state index in [1.165, 1.54) is 12.8 Å². The van der Waals surface area contributed by atoms with Crippen LogP contribution in [-0.4, -0.2) is 11.1 Å². The number of rotatable bonds is 1.